The zero-order valence-corrected chi connectivity index (χ0v) is 19.5. The van der Waals surface area contributed by atoms with Crippen molar-refractivity contribution in [1.29, 1.82) is 0 Å². The minimum atomic E-state index is -1.11. The molecule has 0 radical (unpaired) electrons. The second-order valence-corrected chi connectivity index (χ2v) is 8.40. The first kappa shape index (κ1) is 24.0. The minimum Gasteiger partial charge on any atom is -0.481 e. The maximum absolute atomic E-state index is 11.3. The molecule has 35 heavy (non-hydrogen) atoms. The molecule has 0 fully saturated rings. The maximum Gasteiger partial charge on any atom is 0.341 e. The lowest BCUT2D eigenvalue weighted by atomic mass is 10.0. The van der Waals surface area contributed by atoms with Crippen molar-refractivity contribution in [1.82, 2.24) is 9.78 Å². The van der Waals surface area contributed by atoms with Crippen molar-refractivity contribution >= 4 is 23.5 Å². The van der Waals surface area contributed by atoms with Gasteiger partial charge in [-0.25, -0.2) is 4.79 Å². The Labute approximate surface area is 207 Å². The summed E-state index contributed by atoms with van der Waals surface area (Å²) in [5, 5.41) is 23.7. The molecule has 0 aliphatic carbocycles. The molecular weight excluding hydrogens is 468 g/mol. The molecule has 0 spiro atoms. The topological polar surface area (TPSA) is 102 Å². The van der Waals surface area contributed by atoms with Crippen LogP contribution in [0, 0.1) is 0 Å². The van der Waals surface area contributed by atoms with E-state index in [2.05, 4.69) is 12.1 Å². The van der Waals surface area contributed by atoms with Gasteiger partial charge in [-0.05, 0) is 53.4 Å². The van der Waals surface area contributed by atoms with Crippen molar-refractivity contribution in [2.45, 2.75) is 19.4 Å². The van der Waals surface area contributed by atoms with E-state index < -0.39 is 18.5 Å². The van der Waals surface area contributed by atoms with Crippen molar-refractivity contribution in [3.63, 3.8) is 0 Å². The van der Waals surface area contributed by atoms with Gasteiger partial charge in [0.1, 0.15) is 5.75 Å². The van der Waals surface area contributed by atoms with E-state index >= 15 is 0 Å². The van der Waals surface area contributed by atoms with Gasteiger partial charge in [0.2, 0.25) is 0 Å². The van der Waals surface area contributed by atoms with Crippen molar-refractivity contribution in [2.24, 2.45) is 0 Å². The van der Waals surface area contributed by atoms with Crippen molar-refractivity contribution in [3.05, 3.63) is 95.0 Å². The first-order valence-electron chi connectivity index (χ1n) is 11.0. The van der Waals surface area contributed by atoms with Gasteiger partial charge in [0, 0.05) is 17.1 Å². The molecular formula is C27H23ClN2O5. The van der Waals surface area contributed by atoms with Crippen LogP contribution in [0.1, 0.15) is 11.1 Å². The minimum absolute atomic E-state index is 0.176. The lowest BCUT2D eigenvalue weighted by Gasteiger charge is -2.10. The molecule has 7 nitrogen and oxygen atoms in total. The number of nitrogens with zero attached hydrogens (tertiary/aromatic N) is 2. The molecule has 0 amide bonds. The number of carbonyl (C=O) groups is 2. The van der Waals surface area contributed by atoms with E-state index in [1.54, 1.807) is 30.3 Å². The predicted molar refractivity (Wildman–Crippen MR) is 133 cm³/mol. The molecule has 1 heterocycles. The van der Waals surface area contributed by atoms with Crippen LogP contribution in [0.5, 0.6) is 5.75 Å². The number of benzene rings is 3. The van der Waals surface area contributed by atoms with Gasteiger partial charge in [-0.2, -0.15) is 5.10 Å². The molecule has 8 heteroatoms. The number of rotatable bonds is 10. The first-order chi connectivity index (χ1) is 16.9. The molecule has 3 aromatic carbocycles. The lowest BCUT2D eigenvalue weighted by molar-refractivity contribution is -0.139. The molecule has 0 atom stereocenters. The smallest absolute Gasteiger partial charge is 0.341 e. The quantitative estimate of drug-likeness (QED) is 0.316. The average molecular weight is 491 g/mol. The highest BCUT2D eigenvalue weighted by molar-refractivity contribution is 6.30. The van der Waals surface area contributed by atoms with E-state index in [1.807, 2.05) is 41.1 Å². The normalized spacial score (nSPS) is 10.8. The van der Waals surface area contributed by atoms with E-state index in [1.165, 1.54) is 5.56 Å². The van der Waals surface area contributed by atoms with Gasteiger partial charge >= 0.3 is 11.9 Å². The van der Waals surface area contributed by atoms with Crippen LogP contribution in [0.2, 0.25) is 5.02 Å². The second kappa shape index (κ2) is 10.9. The first-order valence-corrected chi connectivity index (χ1v) is 11.3. The van der Waals surface area contributed by atoms with Crippen molar-refractivity contribution < 1.29 is 24.5 Å². The summed E-state index contributed by atoms with van der Waals surface area (Å²) in [4.78, 5) is 22.4. The molecule has 178 valence electrons. The third kappa shape index (κ3) is 6.28. The highest BCUT2D eigenvalue weighted by Crippen LogP contribution is 2.34. The van der Waals surface area contributed by atoms with Gasteiger partial charge in [0.05, 0.1) is 17.8 Å². The number of halogens is 1. The number of hydrogen-bond donors (Lipinski definition) is 2. The zero-order chi connectivity index (χ0) is 24.8. The third-order valence-electron chi connectivity index (χ3n) is 5.40. The Morgan fingerprint density at radius 3 is 2.31 bits per heavy atom. The molecule has 2 N–H and O–H groups in total. The molecule has 0 unspecified atom stereocenters. The van der Waals surface area contributed by atoms with Crippen LogP contribution in [0.4, 0.5) is 0 Å². The molecule has 0 saturated heterocycles. The number of aliphatic carboxylic acids is 2. The highest BCUT2D eigenvalue weighted by atomic mass is 35.5. The molecule has 0 saturated carbocycles. The van der Waals surface area contributed by atoms with Crippen LogP contribution in [0.15, 0.2) is 78.9 Å². The number of carboxylic acid groups (broad SMARTS) is 2. The summed E-state index contributed by atoms with van der Waals surface area (Å²) in [5.74, 6) is -1.76. The van der Waals surface area contributed by atoms with Gasteiger partial charge in [-0.15, -0.1) is 0 Å². The van der Waals surface area contributed by atoms with E-state index in [-0.39, 0.29) is 6.42 Å². The van der Waals surface area contributed by atoms with Gasteiger partial charge in [-0.3, -0.25) is 9.48 Å². The third-order valence-corrected chi connectivity index (χ3v) is 5.65. The van der Waals surface area contributed by atoms with Gasteiger partial charge < -0.3 is 14.9 Å². The molecule has 4 rings (SSSR count). The zero-order valence-electron chi connectivity index (χ0n) is 18.7. The monoisotopic (exact) mass is 490 g/mol. The summed E-state index contributed by atoms with van der Waals surface area (Å²) < 4.78 is 7.38. The number of aryl methyl sites for hydroxylation is 2. The maximum atomic E-state index is 11.3. The SMILES string of the molecule is O=C(O)COc1ccc(CC(=O)O)cc1-c1cc(-c2ccc(Cl)cc2)n(CCc2ccccc2)n1. The Morgan fingerprint density at radius 1 is 0.886 bits per heavy atom. The summed E-state index contributed by atoms with van der Waals surface area (Å²) >= 11 is 6.09. The summed E-state index contributed by atoms with van der Waals surface area (Å²) in [6.07, 6.45) is 0.578. The van der Waals surface area contributed by atoms with Gasteiger partial charge in [0.25, 0.3) is 0 Å². The van der Waals surface area contributed by atoms with Crippen LogP contribution < -0.4 is 4.74 Å². The summed E-state index contributed by atoms with van der Waals surface area (Å²) in [7, 11) is 0. The molecule has 0 bridgehead atoms. The van der Waals surface area contributed by atoms with Crippen molar-refractivity contribution in [3.8, 4) is 28.3 Å². The Balaban J connectivity index is 1.77. The number of aromatic nitrogens is 2. The van der Waals surface area contributed by atoms with Crippen LogP contribution in [0.25, 0.3) is 22.5 Å². The fourth-order valence-electron chi connectivity index (χ4n) is 3.78. The second-order valence-electron chi connectivity index (χ2n) is 7.96. The Hall–Kier alpha value is -4.10. The van der Waals surface area contributed by atoms with Gasteiger partial charge in [-0.1, -0.05) is 60.1 Å². The fraction of sp³-hybridized carbons (Fsp3) is 0.148. The van der Waals surface area contributed by atoms with E-state index in [4.69, 9.17) is 26.5 Å². The molecule has 4 aromatic rings. The summed E-state index contributed by atoms with van der Waals surface area (Å²) in [5.41, 5.74) is 4.56. The number of hydrogen-bond acceptors (Lipinski definition) is 4. The van der Waals surface area contributed by atoms with E-state index in [0.29, 0.717) is 34.1 Å². The van der Waals surface area contributed by atoms with Crippen molar-refractivity contribution in [2.75, 3.05) is 6.61 Å². The van der Waals surface area contributed by atoms with Crippen LogP contribution >= 0.6 is 11.6 Å². The Bertz CT molecular complexity index is 1330. The van der Waals surface area contributed by atoms with Crippen LogP contribution in [0.3, 0.4) is 0 Å². The lowest BCUT2D eigenvalue weighted by Crippen LogP contribution is -2.10. The van der Waals surface area contributed by atoms with Crippen LogP contribution in [-0.4, -0.2) is 38.5 Å². The van der Waals surface area contributed by atoms with Gasteiger partial charge in [0.15, 0.2) is 6.61 Å². The van der Waals surface area contributed by atoms with Crippen LogP contribution in [-0.2, 0) is 29.0 Å². The largest absolute Gasteiger partial charge is 0.481 e. The summed E-state index contributed by atoms with van der Waals surface area (Å²) in [6.45, 7) is 0.0755. The Kier molecular flexibility index (Phi) is 7.48. The fourth-order valence-corrected chi connectivity index (χ4v) is 3.90. The Morgan fingerprint density at radius 2 is 1.63 bits per heavy atom. The summed E-state index contributed by atoms with van der Waals surface area (Å²) in [6, 6.07) is 24.3. The molecule has 1 aromatic heterocycles. The number of carboxylic acids is 2. The standard InChI is InChI=1S/C27H23ClN2O5/c28-21-9-7-20(8-10-21)24-16-23(29-30(24)13-12-18-4-2-1-3-5-18)22-14-19(15-26(31)32)6-11-25(22)35-17-27(33)34/h1-11,14,16H,12-13,15,17H2,(H,31,32)(H,33,34). The van der Waals surface area contributed by atoms with E-state index in [9.17, 15) is 14.7 Å². The average Bonchev–Trinajstić information content (AvgIpc) is 3.26. The highest BCUT2D eigenvalue weighted by Gasteiger charge is 2.17. The number of ether oxygens (including phenoxy) is 1. The predicted octanol–water partition coefficient (Wildman–Crippen LogP) is 5.20. The van der Waals surface area contributed by atoms with E-state index in [0.717, 1.165) is 17.7 Å². The molecule has 0 aliphatic heterocycles. The molecule has 0 aliphatic rings.